The van der Waals surface area contributed by atoms with Gasteiger partial charge in [0, 0.05) is 27.3 Å². The Morgan fingerprint density at radius 1 is 1.35 bits per heavy atom. The summed E-state index contributed by atoms with van der Waals surface area (Å²) in [5.74, 6) is 1.20. The summed E-state index contributed by atoms with van der Waals surface area (Å²) in [6, 6.07) is 7.56. The van der Waals surface area contributed by atoms with Gasteiger partial charge in [0.25, 0.3) is 0 Å². The average Bonchev–Trinajstić information content (AvgIpc) is 2.30. The lowest BCUT2D eigenvalue weighted by atomic mass is 9.91. The molecule has 0 aliphatic carbocycles. The fourth-order valence-electron chi connectivity index (χ4n) is 1.35. The highest BCUT2D eigenvalue weighted by Gasteiger charge is 2.17. The minimum Gasteiger partial charge on any atom is -0.330 e. The molecule has 96 valence electrons. The summed E-state index contributed by atoms with van der Waals surface area (Å²) in [5, 5.41) is 0.693. The lowest BCUT2D eigenvalue weighted by Crippen LogP contribution is -2.25. The molecule has 0 bridgehead atoms. The molecular formula is C13H20ClNOS. The van der Waals surface area contributed by atoms with E-state index in [1.54, 1.807) is 0 Å². The molecule has 0 aliphatic heterocycles. The van der Waals surface area contributed by atoms with E-state index in [-0.39, 0.29) is 5.41 Å². The number of hydrogen-bond donors (Lipinski definition) is 1. The molecule has 0 saturated heterocycles. The highest BCUT2D eigenvalue weighted by atomic mass is 35.5. The number of benzene rings is 1. The number of hydrogen-bond acceptors (Lipinski definition) is 2. The quantitative estimate of drug-likeness (QED) is 0.866. The van der Waals surface area contributed by atoms with Gasteiger partial charge in [-0.1, -0.05) is 43.6 Å². The van der Waals surface area contributed by atoms with Crippen LogP contribution in [0.5, 0.6) is 0 Å². The Morgan fingerprint density at radius 3 is 2.59 bits per heavy atom. The molecule has 2 nitrogen and oxygen atoms in total. The third-order valence-corrected chi connectivity index (χ3v) is 4.49. The predicted octanol–water partition coefficient (Wildman–Crippen LogP) is 2.96. The molecule has 0 heterocycles. The van der Waals surface area contributed by atoms with Crippen LogP contribution in [0.1, 0.15) is 25.8 Å². The molecule has 0 amide bonds. The lowest BCUT2D eigenvalue weighted by Gasteiger charge is -2.21. The van der Waals surface area contributed by atoms with Crippen molar-refractivity contribution in [1.82, 2.24) is 0 Å². The van der Waals surface area contributed by atoms with E-state index in [0.717, 1.165) is 12.0 Å². The Morgan fingerprint density at radius 2 is 2.00 bits per heavy atom. The summed E-state index contributed by atoms with van der Waals surface area (Å²) >= 11 is 6.03. The van der Waals surface area contributed by atoms with Gasteiger partial charge in [-0.05, 0) is 30.0 Å². The van der Waals surface area contributed by atoms with Crippen LogP contribution in [0.2, 0.25) is 5.02 Å². The maximum Gasteiger partial charge on any atom is 0.0500 e. The third-order valence-electron chi connectivity index (χ3n) is 2.83. The summed E-state index contributed by atoms with van der Waals surface area (Å²) in [6.45, 7) is 4.82. The molecule has 0 radical (unpaired) electrons. The van der Waals surface area contributed by atoms with Crippen LogP contribution in [0, 0.1) is 5.41 Å². The maximum absolute atomic E-state index is 11.9. The third kappa shape index (κ3) is 5.19. The first-order valence-electron chi connectivity index (χ1n) is 5.73. The molecule has 17 heavy (non-hydrogen) atoms. The van der Waals surface area contributed by atoms with Gasteiger partial charge in [0.15, 0.2) is 0 Å². The van der Waals surface area contributed by atoms with Crippen LogP contribution in [0.25, 0.3) is 0 Å². The zero-order valence-corrected chi connectivity index (χ0v) is 12.0. The van der Waals surface area contributed by atoms with Gasteiger partial charge in [-0.15, -0.1) is 0 Å². The minimum absolute atomic E-state index is 0.0656. The van der Waals surface area contributed by atoms with E-state index in [2.05, 4.69) is 13.8 Å². The molecule has 0 aliphatic rings. The summed E-state index contributed by atoms with van der Waals surface area (Å²) in [5.41, 5.74) is 6.67. The Bertz CT molecular complexity index is 393. The summed E-state index contributed by atoms with van der Waals surface area (Å²) < 4.78 is 11.9. The van der Waals surface area contributed by atoms with Crippen LogP contribution in [0.4, 0.5) is 0 Å². The van der Waals surface area contributed by atoms with Gasteiger partial charge in [-0.3, -0.25) is 4.21 Å². The molecule has 1 aromatic carbocycles. The van der Waals surface area contributed by atoms with Crippen molar-refractivity contribution in [2.24, 2.45) is 11.1 Å². The van der Waals surface area contributed by atoms with Crippen LogP contribution in [-0.2, 0) is 16.6 Å². The van der Waals surface area contributed by atoms with Crippen molar-refractivity contribution in [3.8, 4) is 0 Å². The average molecular weight is 274 g/mol. The maximum atomic E-state index is 11.9. The summed E-state index contributed by atoms with van der Waals surface area (Å²) in [4.78, 5) is 0. The number of rotatable bonds is 6. The standard InChI is InChI=1S/C13H20ClNOS/c1-13(2,10-15)7-8-17(16)9-11-5-3-4-6-12(11)14/h3-6H,7-10,15H2,1-2H3. The first-order chi connectivity index (χ1) is 7.94. The zero-order valence-electron chi connectivity index (χ0n) is 10.4. The summed E-state index contributed by atoms with van der Waals surface area (Å²) in [7, 11) is -0.869. The molecule has 1 atom stereocenters. The Labute approximate surface area is 111 Å². The molecule has 0 aromatic heterocycles. The van der Waals surface area contributed by atoms with Crippen molar-refractivity contribution in [3.63, 3.8) is 0 Å². The smallest absolute Gasteiger partial charge is 0.0500 e. The van der Waals surface area contributed by atoms with Gasteiger partial charge in [-0.2, -0.15) is 0 Å². The number of nitrogens with two attached hydrogens (primary N) is 1. The SMILES string of the molecule is CC(C)(CN)CCS(=O)Cc1ccccc1Cl. The van der Waals surface area contributed by atoms with E-state index in [9.17, 15) is 4.21 Å². The van der Waals surface area contributed by atoms with E-state index in [4.69, 9.17) is 17.3 Å². The first-order valence-corrected chi connectivity index (χ1v) is 7.60. The first kappa shape index (κ1) is 14.7. The Kier molecular flexibility index (Phi) is 5.63. The fourth-order valence-corrected chi connectivity index (χ4v) is 3.16. The van der Waals surface area contributed by atoms with Crippen LogP contribution in [0.3, 0.4) is 0 Å². The molecule has 2 N–H and O–H groups in total. The summed E-state index contributed by atoms with van der Waals surface area (Å²) in [6.07, 6.45) is 0.876. The number of halogens is 1. The van der Waals surface area contributed by atoms with E-state index in [0.29, 0.717) is 23.1 Å². The van der Waals surface area contributed by atoms with Gasteiger partial charge in [-0.25, -0.2) is 0 Å². The van der Waals surface area contributed by atoms with E-state index < -0.39 is 10.8 Å². The van der Waals surface area contributed by atoms with Gasteiger partial charge in [0.2, 0.25) is 0 Å². The highest BCUT2D eigenvalue weighted by Crippen LogP contribution is 2.21. The second-order valence-electron chi connectivity index (χ2n) is 5.00. The lowest BCUT2D eigenvalue weighted by molar-refractivity contribution is 0.367. The van der Waals surface area contributed by atoms with Crippen LogP contribution < -0.4 is 5.73 Å². The molecule has 4 heteroatoms. The van der Waals surface area contributed by atoms with Crippen molar-refractivity contribution in [1.29, 1.82) is 0 Å². The zero-order chi connectivity index (χ0) is 12.9. The Hall–Kier alpha value is -0.380. The topological polar surface area (TPSA) is 43.1 Å². The van der Waals surface area contributed by atoms with Gasteiger partial charge < -0.3 is 5.73 Å². The van der Waals surface area contributed by atoms with Crippen molar-refractivity contribution >= 4 is 22.4 Å². The van der Waals surface area contributed by atoms with E-state index in [1.807, 2.05) is 24.3 Å². The van der Waals surface area contributed by atoms with Crippen molar-refractivity contribution in [3.05, 3.63) is 34.9 Å². The predicted molar refractivity (Wildman–Crippen MR) is 75.6 cm³/mol. The monoisotopic (exact) mass is 273 g/mol. The molecule has 1 unspecified atom stereocenters. The van der Waals surface area contributed by atoms with Crippen LogP contribution in [-0.4, -0.2) is 16.5 Å². The van der Waals surface area contributed by atoms with Gasteiger partial charge >= 0.3 is 0 Å². The van der Waals surface area contributed by atoms with Gasteiger partial charge in [0.05, 0.1) is 0 Å². The minimum atomic E-state index is -0.869. The highest BCUT2D eigenvalue weighted by molar-refractivity contribution is 7.84. The molecule has 1 aromatic rings. The van der Waals surface area contributed by atoms with Crippen molar-refractivity contribution in [2.45, 2.75) is 26.0 Å². The molecule has 0 saturated carbocycles. The molecule has 0 fully saturated rings. The molecule has 0 spiro atoms. The van der Waals surface area contributed by atoms with E-state index in [1.165, 1.54) is 0 Å². The largest absolute Gasteiger partial charge is 0.330 e. The van der Waals surface area contributed by atoms with Crippen LogP contribution in [0.15, 0.2) is 24.3 Å². The molecular weight excluding hydrogens is 254 g/mol. The fraction of sp³-hybridized carbons (Fsp3) is 0.538. The Balaban J connectivity index is 2.48. The van der Waals surface area contributed by atoms with Crippen LogP contribution >= 0.6 is 11.6 Å². The second-order valence-corrected chi connectivity index (χ2v) is 6.98. The normalized spacial score (nSPS) is 13.6. The van der Waals surface area contributed by atoms with Crippen molar-refractivity contribution < 1.29 is 4.21 Å². The molecule has 1 rings (SSSR count). The second kappa shape index (κ2) is 6.53. The van der Waals surface area contributed by atoms with Gasteiger partial charge in [0.1, 0.15) is 0 Å². The van der Waals surface area contributed by atoms with E-state index >= 15 is 0 Å². The van der Waals surface area contributed by atoms with Crippen molar-refractivity contribution in [2.75, 3.05) is 12.3 Å².